The van der Waals surface area contributed by atoms with Crippen LogP contribution < -0.4 is 10.5 Å². The van der Waals surface area contributed by atoms with Crippen LogP contribution in [0.4, 0.5) is 5.95 Å². The van der Waals surface area contributed by atoms with Crippen LogP contribution in [0.2, 0.25) is 0 Å². The third-order valence-electron chi connectivity index (χ3n) is 4.44. The number of piperazine rings is 1. The van der Waals surface area contributed by atoms with Crippen molar-refractivity contribution in [1.82, 2.24) is 25.1 Å². The van der Waals surface area contributed by atoms with E-state index in [-0.39, 0.29) is 11.5 Å². The molecule has 128 valence electrons. The summed E-state index contributed by atoms with van der Waals surface area (Å²) >= 11 is 0. The summed E-state index contributed by atoms with van der Waals surface area (Å²) in [7, 11) is 0. The first-order chi connectivity index (χ1) is 12.2. The monoisotopic (exact) mass is 338 g/mol. The molecule has 0 saturated carbocycles. The van der Waals surface area contributed by atoms with E-state index in [9.17, 15) is 9.59 Å². The van der Waals surface area contributed by atoms with Crippen molar-refractivity contribution in [1.29, 1.82) is 0 Å². The lowest BCUT2D eigenvalue weighted by Crippen LogP contribution is -2.50. The second-order valence-corrected chi connectivity index (χ2v) is 6.05. The molecule has 0 aliphatic carbocycles. The van der Waals surface area contributed by atoms with Crippen molar-refractivity contribution in [3.63, 3.8) is 0 Å². The second-order valence-electron chi connectivity index (χ2n) is 6.05. The number of nitrogens with zero attached hydrogens (tertiary/aromatic N) is 4. The molecule has 1 aliphatic rings. The summed E-state index contributed by atoms with van der Waals surface area (Å²) in [5.41, 5.74) is 1.28. The molecule has 8 heteroatoms. The quantitative estimate of drug-likeness (QED) is 0.726. The number of carbonyl (C=O) groups excluding carboxylic acids is 1. The van der Waals surface area contributed by atoms with E-state index in [0.29, 0.717) is 49.6 Å². The lowest BCUT2D eigenvalue weighted by molar-refractivity contribution is -0.130. The lowest BCUT2D eigenvalue weighted by atomic mass is 10.1. The number of amides is 1. The fourth-order valence-electron chi connectivity index (χ4n) is 3.03. The molecule has 0 radical (unpaired) electrons. The third kappa shape index (κ3) is 3.10. The summed E-state index contributed by atoms with van der Waals surface area (Å²) in [6.45, 7) is 2.47. The van der Waals surface area contributed by atoms with Gasteiger partial charge in [0, 0.05) is 26.2 Å². The van der Waals surface area contributed by atoms with Gasteiger partial charge in [0.05, 0.1) is 12.6 Å². The van der Waals surface area contributed by atoms with Gasteiger partial charge < -0.3 is 9.80 Å². The molecule has 1 saturated heterocycles. The summed E-state index contributed by atoms with van der Waals surface area (Å²) in [6, 6.07) is 9.74. The molecule has 4 rings (SSSR count). The highest BCUT2D eigenvalue weighted by atomic mass is 16.2. The number of nitrogens with one attached hydrogen (secondary N) is 2. The zero-order valence-corrected chi connectivity index (χ0v) is 13.6. The van der Waals surface area contributed by atoms with Crippen molar-refractivity contribution in [3.8, 4) is 0 Å². The topological polar surface area (TPSA) is 98.0 Å². The van der Waals surface area contributed by atoms with Crippen molar-refractivity contribution in [2.75, 3.05) is 31.1 Å². The molecule has 0 spiro atoms. The fraction of sp³-hybridized carbons (Fsp3) is 0.294. The summed E-state index contributed by atoms with van der Waals surface area (Å²) in [4.78, 5) is 35.5. The number of aromatic nitrogens is 4. The van der Waals surface area contributed by atoms with Crippen LogP contribution in [0, 0.1) is 0 Å². The van der Waals surface area contributed by atoms with E-state index in [0.717, 1.165) is 5.56 Å². The van der Waals surface area contributed by atoms with E-state index in [1.165, 1.54) is 6.20 Å². The molecule has 1 fully saturated rings. The predicted molar refractivity (Wildman–Crippen MR) is 93.4 cm³/mol. The SMILES string of the molecule is O=C(Cc1ccccc1)N1CCN(c2nc3[nH]ncc3c(=O)[nH]2)CC1. The molecule has 2 N–H and O–H groups in total. The molecule has 0 bridgehead atoms. The third-order valence-corrected chi connectivity index (χ3v) is 4.44. The number of hydrogen-bond donors (Lipinski definition) is 2. The van der Waals surface area contributed by atoms with Gasteiger partial charge in [0.15, 0.2) is 5.65 Å². The number of H-pyrrole nitrogens is 2. The van der Waals surface area contributed by atoms with Crippen LogP contribution in [0.1, 0.15) is 5.56 Å². The summed E-state index contributed by atoms with van der Waals surface area (Å²) in [5, 5.41) is 7.01. The Morgan fingerprint density at radius 3 is 2.64 bits per heavy atom. The maximum Gasteiger partial charge on any atom is 0.263 e. The highest BCUT2D eigenvalue weighted by molar-refractivity contribution is 5.79. The average molecular weight is 338 g/mol. The van der Waals surface area contributed by atoms with Gasteiger partial charge in [-0.1, -0.05) is 30.3 Å². The molecule has 25 heavy (non-hydrogen) atoms. The molecule has 1 aromatic carbocycles. The lowest BCUT2D eigenvalue weighted by Gasteiger charge is -2.35. The van der Waals surface area contributed by atoms with Crippen molar-refractivity contribution in [3.05, 3.63) is 52.4 Å². The number of rotatable bonds is 3. The highest BCUT2D eigenvalue weighted by Gasteiger charge is 2.23. The summed E-state index contributed by atoms with van der Waals surface area (Å²) in [5.74, 6) is 0.633. The van der Waals surface area contributed by atoms with Crippen LogP contribution in [-0.2, 0) is 11.2 Å². The molecule has 3 aromatic rings. The van der Waals surface area contributed by atoms with Crippen LogP contribution in [0.25, 0.3) is 11.0 Å². The molecular weight excluding hydrogens is 320 g/mol. The van der Waals surface area contributed by atoms with Gasteiger partial charge in [-0.15, -0.1) is 0 Å². The van der Waals surface area contributed by atoms with Crippen LogP contribution in [-0.4, -0.2) is 57.2 Å². The van der Waals surface area contributed by atoms with E-state index < -0.39 is 0 Å². The van der Waals surface area contributed by atoms with E-state index in [1.54, 1.807) is 0 Å². The molecule has 3 heterocycles. The number of aromatic amines is 2. The number of carbonyl (C=O) groups is 1. The van der Waals surface area contributed by atoms with Gasteiger partial charge in [-0.3, -0.25) is 19.7 Å². The fourth-order valence-corrected chi connectivity index (χ4v) is 3.03. The Bertz CT molecular complexity index is 940. The Kier molecular flexibility index (Phi) is 3.93. The van der Waals surface area contributed by atoms with E-state index >= 15 is 0 Å². The van der Waals surface area contributed by atoms with Gasteiger partial charge in [0.2, 0.25) is 11.9 Å². The normalized spacial score (nSPS) is 14.9. The zero-order chi connectivity index (χ0) is 17.2. The standard InChI is InChI=1S/C17H18N6O2/c24-14(10-12-4-2-1-3-5-12)22-6-8-23(9-7-22)17-19-15-13(11-18-21-15)16(25)20-17/h1-5,11H,6-10H2,(H2,18,19,20,21,25). The molecular formula is C17H18N6O2. The van der Waals surface area contributed by atoms with E-state index in [1.807, 2.05) is 40.1 Å². The van der Waals surface area contributed by atoms with E-state index in [4.69, 9.17) is 0 Å². The van der Waals surface area contributed by atoms with Gasteiger partial charge in [-0.25, -0.2) is 0 Å². The van der Waals surface area contributed by atoms with Gasteiger partial charge in [-0.05, 0) is 5.56 Å². The van der Waals surface area contributed by atoms with Gasteiger partial charge >= 0.3 is 0 Å². The van der Waals surface area contributed by atoms with Crippen LogP contribution in [0.3, 0.4) is 0 Å². The minimum Gasteiger partial charge on any atom is -0.339 e. The number of hydrogen-bond acceptors (Lipinski definition) is 5. The Labute approximate surface area is 143 Å². The van der Waals surface area contributed by atoms with Crippen molar-refractivity contribution in [2.45, 2.75) is 6.42 Å². The van der Waals surface area contributed by atoms with Crippen molar-refractivity contribution >= 4 is 22.9 Å². The number of anilines is 1. The Balaban J connectivity index is 1.42. The Morgan fingerprint density at radius 2 is 1.88 bits per heavy atom. The molecule has 1 aliphatic heterocycles. The van der Waals surface area contributed by atoms with Gasteiger partial charge in [0.1, 0.15) is 5.39 Å². The van der Waals surface area contributed by atoms with Crippen LogP contribution >= 0.6 is 0 Å². The number of benzene rings is 1. The molecule has 1 amide bonds. The van der Waals surface area contributed by atoms with Gasteiger partial charge in [0.25, 0.3) is 5.56 Å². The minimum absolute atomic E-state index is 0.122. The smallest absolute Gasteiger partial charge is 0.263 e. The van der Waals surface area contributed by atoms with Gasteiger partial charge in [-0.2, -0.15) is 10.1 Å². The zero-order valence-electron chi connectivity index (χ0n) is 13.6. The van der Waals surface area contributed by atoms with Crippen LogP contribution in [0.5, 0.6) is 0 Å². The van der Waals surface area contributed by atoms with Crippen molar-refractivity contribution < 1.29 is 4.79 Å². The minimum atomic E-state index is -0.212. The average Bonchev–Trinajstić information content (AvgIpc) is 3.12. The number of fused-ring (bicyclic) bond motifs is 1. The van der Waals surface area contributed by atoms with Crippen molar-refractivity contribution in [2.24, 2.45) is 0 Å². The molecule has 0 unspecified atom stereocenters. The summed E-state index contributed by atoms with van der Waals surface area (Å²) in [6.07, 6.45) is 1.88. The van der Waals surface area contributed by atoms with E-state index in [2.05, 4.69) is 20.2 Å². The molecule has 8 nitrogen and oxygen atoms in total. The first-order valence-electron chi connectivity index (χ1n) is 8.21. The summed E-state index contributed by atoms with van der Waals surface area (Å²) < 4.78 is 0. The van der Waals surface area contributed by atoms with Crippen LogP contribution in [0.15, 0.2) is 41.3 Å². The Morgan fingerprint density at radius 1 is 1.12 bits per heavy atom. The largest absolute Gasteiger partial charge is 0.339 e. The Hall–Kier alpha value is -3.16. The second kappa shape index (κ2) is 6.39. The maximum atomic E-state index is 12.4. The maximum absolute atomic E-state index is 12.4. The first-order valence-corrected chi connectivity index (χ1v) is 8.21. The first kappa shape index (κ1) is 15.4. The molecule has 0 atom stereocenters. The highest BCUT2D eigenvalue weighted by Crippen LogP contribution is 2.13. The predicted octanol–water partition coefficient (Wildman–Crippen LogP) is 0.537. The molecule has 2 aromatic heterocycles.